The van der Waals surface area contributed by atoms with Gasteiger partial charge in [0.25, 0.3) is 0 Å². The molecule has 4 rings (SSSR count). The van der Waals surface area contributed by atoms with Crippen molar-refractivity contribution < 1.29 is 19.0 Å². The maximum Gasteiger partial charge on any atom is 0.410 e. The van der Waals surface area contributed by atoms with Crippen molar-refractivity contribution >= 4 is 28.9 Å². The Morgan fingerprint density at radius 1 is 1.15 bits per heavy atom. The predicted octanol–water partition coefficient (Wildman–Crippen LogP) is 5.32. The van der Waals surface area contributed by atoms with Gasteiger partial charge in [-0.3, -0.25) is 0 Å². The Kier molecular flexibility index (Phi) is 6.35. The van der Waals surface area contributed by atoms with Crippen LogP contribution in [0.3, 0.4) is 0 Å². The number of carbonyl (C=O) groups is 1. The molecule has 8 heteroatoms. The van der Waals surface area contributed by atoms with Crippen molar-refractivity contribution in [1.82, 2.24) is 9.88 Å². The second-order valence-corrected chi connectivity index (χ2v) is 9.27. The van der Waals surface area contributed by atoms with Crippen molar-refractivity contribution in [3.8, 4) is 11.5 Å². The lowest BCUT2D eigenvalue weighted by Crippen LogP contribution is -2.37. The third-order valence-electron chi connectivity index (χ3n) is 5.42. The Morgan fingerprint density at radius 2 is 1.97 bits per heavy atom. The van der Waals surface area contributed by atoms with Gasteiger partial charge in [0, 0.05) is 54.9 Å². The molecule has 0 saturated heterocycles. The highest BCUT2D eigenvalue weighted by atomic mass is 16.7. The number of amides is 1. The van der Waals surface area contributed by atoms with Gasteiger partial charge in [0.2, 0.25) is 6.79 Å². The Balaban J connectivity index is 1.61. The first-order chi connectivity index (χ1) is 15.7. The van der Waals surface area contributed by atoms with Gasteiger partial charge in [-0.15, -0.1) is 0 Å². The van der Waals surface area contributed by atoms with E-state index in [9.17, 15) is 4.79 Å². The lowest BCUT2D eigenvalue weighted by Gasteiger charge is -2.25. The molecule has 0 spiro atoms. The van der Waals surface area contributed by atoms with Crippen LogP contribution in [0.5, 0.6) is 11.5 Å². The lowest BCUT2D eigenvalue weighted by atomic mass is 9.99. The molecular formula is C25H32N4O4. The molecule has 0 atom stereocenters. The molecule has 33 heavy (non-hydrogen) atoms. The number of nitrogens with one attached hydrogen (secondary N) is 2. The smallest absolute Gasteiger partial charge is 0.410 e. The molecule has 1 aromatic carbocycles. The van der Waals surface area contributed by atoms with Crippen LogP contribution in [0.2, 0.25) is 0 Å². The van der Waals surface area contributed by atoms with E-state index in [-0.39, 0.29) is 12.9 Å². The van der Waals surface area contributed by atoms with Crippen molar-refractivity contribution in [2.75, 3.05) is 37.6 Å². The van der Waals surface area contributed by atoms with Crippen LogP contribution in [-0.2, 0) is 4.74 Å². The molecule has 0 radical (unpaired) electrons. The van der Waals surface area contributed by atoms with E-state index in [0.29, 0.717) is 18.8 Å². The maximum atomic E-state index is 12.5. The van der Waals surface area contributed by atoms with E-state index < -0.39 is 5.60 Å². The first-order valence-corrected chi connectivity index (χ1v) is 11.3. The van der Waals surface area contributed by atoms with E-state index >= 15 is 0 Å². The zero-order chi connectivity index (χ0) is 23.6. The van der Waals surface area contributed by atoms with Crippen LogP contribution >= 0.6 is 0 Å². The summed E-state index contributed by atoms with van der Waals surface area (Å²) >= 11 is 0. The summed E-state index contributed by atoms with van der Waals surface area (Å²) in [6.07, 6.45) is 3.46. The minimum Gasteiger partial charge on any atom is -0.453 e. The summed E-state index contributed by atoms with van der Waals surface area (Å²) in [5.41, 5.74) is 4.35. The highest BCUT2D eigenvalue weighted by Gasteiger charge is 2.26. The fourth-order valence-electron chi connectivity index (χ4n) is 3.96. The summed E-state index contributed by atoms with van der Waals surface area (Å²) < 4.78 is 17.1. The topological polar surface area (TPSA) is 85.0 Å². The third-order valence-corrected chi connectivity index (χ3v) is 5.42. The van der Waals surface area contributed by atoms with Gasteiger partial charge in [0.15, 0.2) is 11.5 Å². The Hall–Kier alpha value is -3.42. The summed E-state index contributed by atoms with van der Waals surface area (Å²) in [5, 5.41) is 6.56. The third kappa shape index (κ3) is 5.50. The number of aryl methyl sites for hydroxylation is 1. The summed E-state index contributed by atoms with van der Waals surface area (Å²) in [7, 11) is 1.89. The Bertz CT molecular complexity index is 1070. The van der Waals surface area contributed by atoms with Crippen LogP contribution in [0.1, 0.15) is 44.9 Å². The van der Waals surface area contributed by atoms with Gasteiger partial charge in [-0.1, -0.05) is 6.08 Å². The second kappa shape index (κ2) is 9.21. The number of carbonyl (C=O) groups excluding carboxylic acids is 1. The molecule has 2 N–H and O–H groups in total. The first kappa shape index (κ1) is 22.8. The predicted molar refractivity (Wildman–Crippen MR) is 129 cm³/mol. The maximum absolute atomic E-state index is 12.5. The fourth-order valence-corrected chi connectivity index (χ4v) is 3.96. The standard InChI is InChI=1S/C25H32N4O4/c1-16-11-18(26-5)14-22(27-16)28-19-12-20(23-21(13-19)31-15-32-23)17-7-6-9-29(10-8-17)24(30)33-25(2,3)4/h8,11-14H,6-7,9-10,15H2,1-5H3,(H2,26,27,28). The Morgan fingerprint density at radius 3 is 2.73 bits per heavy atom. The van der Waals surface area contributed by atoms with Crippen molar-refractivity contribution in [3.63, 3.8) is 0 Å². The van der Waals surface area contributed by atoms with E-state index in [4.69, 9.17) is 14.2 Å². The number of nitrogens with zero attached hydrogens (tertiary/aromatic N) is 2. The van der Waals surface area contributed by atoms with E-state index in [1.54, 1.807) is 4.90 Å². The zero-order valence-electron chi connectivity index (χ0n) is 19.9. The molecule has 1 aromatic heterocycles. The molecule has 0 saturated carbocycles. The molecule has 2 aromatic rings. The quantitative estimate of drug-likeness (QED) is 0.649. The monoisotopic (exact) mass is 452 g/mol. The van der Waals surface area contributed by atoms with Gasteiger partial charge < -0.3 is 29.7 Å². The molecule has 0 aliphatic carbocycles. The van der Waals surface area contributed by atoms with E-state index in [1.165, 1.54) is 0 Å². The molecule has 0 unspecified atom stereocenters. The number of allylic oxidation sites excluding steroid dienone is 1. The number of pyridine rings is 1. The zero-order valence-corrected chi connectivity index (χ0v) is 19.9. The van der Waals surface area contributed by atoms with E-state index in [0.717, 1.165) is 52.6 Å². The van der Waals surface area contributed by atoms with Gasteiger partial charge in [-0.05, 0) is 58.2 Å². The van der Waals surface area contributed by atoms with Crippen LogP contribution < -0.4 is 20.1 Å². The highest BCUT2D eigenvalue weighted by molar-refractivity contribution is 5.79. The largest absolute Gasteiger partial charge is 0.453 e. The van der Waals surface area contributed by atoms with Crippen molar-refractivity contribution in [2.45, 2.75) is 46.1 Å². The minimum absolute atomic E-state index is 0.190. The number of benzene rings is 1. The van der Waals surface area contributed by atoms with E-state index in [1.807, 2.05) is 52.9 Å². The van der Waals surface area contributed by atoms with Crippen LogP contribution in [0.4, 0.5) is 22.0 Å². The van der Waals surface area contributed by atoms with Gasteiger partial charge in [-0.2, -0.15) is 0 Å². The van der Waals surface area contributed by atoms with Crippen LogP contribution in [0.15, 0.2) is 30.3 Å². The fraction of sp³-hybridized carbons (Fsp3) is 0.440. The average molecular weight is 453 g/mol. The second-order valence-electron chi connectivity index (χ2n) is 9.27. The molecule has 3 heterocycles. The molecule has 0 bridgehead atoms. The van der Waals surface area contributed by atoms with Gasteiger partial charge in [0.05, 0.1) is 0 Å². The number of ether oxygens (including phenoxy) is 3. The molecule has 8 nitrogen and oxygen atoms in total. The number of fused-ring (bicyclic) bond motifs is 1. The first-order valence-electron chi connectivity index (χ1n) is 11.3. The molecule has 2 aliphatic heterocycles. The number of aromatic nitrogens is 1. The van der Waals surface area contributed by atoms with E-state index in [2.05, 4.69) is 27.8 Å². The molecule has 1 amide bonds. The molecular weight excluding hydrogens is 420 g/mol. The normalized spacial score (nSPS) is 15.5. The average Bonchev–Trinajstić information content (AvgIpc) is 3.06. The number of rotatable bonds is 4. The van der Waals surface area contributed by atoms with Crippen LogP contribution in [-0.4, -0.2) is 48.5 Å². The van der Waals surface area contributed by atoms with Gasteiger partial charge >= 0.3 is 6.09 Å². The summed E-state index contributed by atoms with van der Waals surface area (Å²) in [6.45, 7) is 8.93. The molecule has 0 fully saturated rings. The summed E-state index contributed by atoms with van der Waals surface area (Å²) in [6, 6.07) is 7.94. The lowest BCUT2D eigenvalue weighted by molar-refractivity contribution is 0.0273. The molecule has 176 valence electrons. The minimum atomic E-state index is -0.515. The van der Waals surface area contributed by atoms with Gasteiger partial charge in [-0.25, -0.2) is 9.78 Å². The van der Waals surface area contributed by atoms with Crippen LogP contribution in [0, 0.1) is 6.92 Å². The van der Waals surface area contributed by atoms with Gasteiger partial charge in [0.1, 0.15) is 11.4 Å². The van der Waals surface area contributed by atoms with Crippen molar-refractivity contribution in [2.24, 2.45) is 0 Å². The summed E-state index contributed by atoms with van der Waals surface area (Å²) in [4.78, 5) is 18.9. The van der Waals surface area contributed by atoms with Crippen molar-refractivity contribution in [1.29, 1.82) is 0 Å². The number of anilines is 3. The van der Waals surface area contributed by atoms with Crippen molar-refractivity contribution in [3.05, 3.63) is 41.6 Å². The summed E-state index contributed by atoms with van der Waals surface area (Å²) in [5.74, 6) is 2.19. The Labute approximate surface area is 194 Å². The number of hydrogen-bond acceptors (Lipinski definition) is 7. The number of hydrogen-bond donors (Lipinski definition) is 2. The molecule has 2 aliphatic rings. The van der Waals surface area contributed by atoms with Crippen LogP contribution in [0.25, 0.3) is 5.57 Å². The SMILES string of the molecule is CNc1cc(C)nc(Nc2cc3c(c(C4=CCN(C(=O)OC(C)(C)C)CCC4)c2)OCO3)c1. The highest BCUT2D eigenvalue weighted by Crippen LogP contribution is 2.43.